The van der Waals surface area contributed by atoms with Gasteiger partial charge in [0, 0.05) is 18.4 Å². The van der Waals surface area contributed by atoms with Crippen LogP contribution in [0.15, 0.2) is 24.8 Å². The summed E-state index contributed by atoms with van der Waals surface area (Å²) >= 11 is 0. The summed E-state index contributed by atoms with van der Waals surface area (Å²) in [7, 11) is 0. The van der Waals surface area contributed by atoms with Crippen LogP contribution < -0.4 is 10.1 Å². The van der Waals surface area contributed by atoms with Gasteiger partial charge in [0.2, 0.25) is 5.91 Å². The molecule has 0 aliphatic heterocycles. The van der Waals surface area contributed by atoms with E-state index in [0.29, 0.717) is 36.8 Å². The van der Waals surface area contributed by atoms with Gasteiger partial charge in [-0.3, -0.25) is 4.79 Å². The third kappa shape index (κ3) is 10.4. The number of aromatic nitrogens is 2. The molecule has 1 aliphatic carbocycles. The van der Waals surface area contributed by atoms with Crippen LogP contribution in [0.2, 0.25) is 0 Å². The SMILES string of the molecule is C=CCCC(=O)Nc1cc2[nH]c(C3CCCCC3)nc2cc1OCCCC.CC.CC.CC. The molecule has 0 radical (unpaired) electrons. The fourth-order valence-electron chi connectivity index (χ4n) is 3.62. The van der Waals surface area contributed by atoms with Gasteiger partial charge >= 0.3 is 0 Å². The number of hydrogen-bond acceptors (Lipinski definition) is 3. The van der Waals surface area contributed by atoms with E-state index in [-0.39, 0.29) is 5.91 Å². The maximum Gasteiger partial charge on any atom is 0.224 e. The molecule has 1 fully saturated rings. The lowest BCUT2D eigenvalue weighted by molar-refractivity contribution is -0.116. The van der Waals surface area contributed by atoms with Crippen molar-refractivity contribution in [2.75, 3.05) is 11.9 Å². The van der Waals surface area contributed by atoms with Crippen LogP contribution in [-0.2, 0) is 4.79 Å². The number of hydrogen-bond donors (Lipinski definition) is 2. The maximum absolute atomic E-state index is 12.2. The zero-order chi connectivity index (χ0) is 25.1. The Morgan fingerprint density at radius 2 is 1.82 bits per heavy atom. The van der Waals surface area contributed by atoms with Gasteiger partial charge in [-0.05, 0) is 31.7 Å². The van der Waals surface area contributed by atoms with Crippen molar-refractivity contribution >= 4 is 22.6 Å². The number of carbonyl (C=O) groups excluding carboxylic acids is 1. The summed E-state index contributed by atoms with van der Waals surface area (Å²) < 4.78 is 5.96. The van der Waals surface area contributed by atoms with Gasteiger partial charge in [-0.2, -0.15) is 0 Å². The number of H-pyrrole nitrogens is 1. The zero-order valence-corrected chi connectivity index (χ0v) is 22.4. The van der Waals surface area contributed by atoms with Crippen molar-refractivity contribution in [1.29, 1.82) is 0 Å². The second kappa shape index (κ2) is 19.2. The first-order chi connectivity index (χ1) is 16.2. The molecule has 0 spiro atoms. The Kier molecular flexibility index (Phi) is 17.9. The van der Waals surface area contributed by atoms with Gasteiger partial charge < -0.3 is 15.0 Å². The molecule has 1 aromatic carbocycles. The number of benzene rings is 1. The van der Waals surface area contributed by atoms with Gasteiger partial charge in [0.05, 0.1) is 23.3 Å². The van der Waals surface area contributed by atoms with E-state index in [1.807, 2.05) is 53.7 Å². The van der Waals surface area contributed by atoms with E-state index >= 15 is 0 Å². The van der Waals surface area contributed by atoms with E-state index in [4.69, 9.17) is 9.72 Å². The molecule has 3 rings (SSSR count). The Hall–Kier alpha value is -2.30. The second-order valence-corrected chi connectivity index (χ2v) is 7.40. The smallest absolute Gasteiger partial charge is 0.224 e. The molecule has 5 heteroatoms. The average Bonchev–Trinajstić information content (AvgIpc) is 3.30. The van der Waals surface area contributed by atoms with Gasteiger partial charge in [0.1, 0.15) is 11.6 Å². The van der Waals surface area contributed by atoms with Gasteiger partial charge in [-0.1, -0.05) is 80.2 Å². The lowest BCUT2D eigenvalue weighted by atomic mass is 9.89. The fourth-order valence-corrected chi connectivity index (χ4v) is 3.62. The van der Waals surface area contributed by atoms with Crippen molar-refractivity contribution in [1.82, 2.24) is 9.97 Å². The fraction of sp³-hybridized carbons (Fsp3) is 0.643. The van der Waals surface area contributed by atoms with Crippen LogP contribution in [0.5, 0.6) is 5.75 Å². The molecule has 1 saturated carbocycles. The minimum absolute atomic E-state index is 0.0263. The highest BCUT2D eigenvalue weighted by Crippen LogP contribution is 2.35. The zero-order valence-electron chi connectivity index (χ0n) is 22.4. The van der Waals surface area contributed by atoms with Crippen molar-refractivity contribution in [3.05, 3.63) is 30.6 Å². The van der Waals surface area contributed by atoms with Gasteiger partial charge in [0.15, 0.2) is 0 Å². The molecule has 1 amide bonds. The van der Waals surface area contributed by atoms with Crippen LogP contribution in [-0.4, -0.2) is 22.5 Å². The minimum atomic E-state index is -0.0263. The Bertz CT molecular complexity index is 777. The van der Waals surface area contributed by atoms with Crippen LogP contribution in [0, 0.1) is 0 Å². The molecule has 188 valence electrons. The number of unbranched alkanes of at least 4 members (excludes halogenated alkanes) is 1. The number of fused-ring (bicyclic) bond motifs is 1. The lowest BCUT2D eigenvalue weighted by Crippen LogP contribution is -2.12. The highest BCUT2D eigenvalue weighted by atomic mass is 16.5. The van der Waals surface area contributed by atoms with E-state index in [1.165, 1.54) is 32.1 Å². The largest absolute Gasteiger partial charge is 0.491 e. The third-order valence-corrected chi connectivity index (χ3v) is 5.20. The normalized spacial score (nSPS) is 12.8. The summed E-state index contributed by atoms with van der Waals surface area (Å²) in [5, 5.41) is 2.99. The molecular formula is C28H49N3O2. The number of anilines is 1. The Labute approximate surface area is 202 Å². The summed E-state index contributed by atoms with van der Waals surface area (Å²) in [5.41, 5.74) is 2.58. The molecule has 1 aliphatic rings. The highest BCUT2D eigenvalue weighted by molar-refractivity contribution is 5.95. The number of ether oxygens (including phenoxy) is 1. The van der Waals surface area contributed by atoms with Crippen molar-refractivity contribution in [3.63, 3.8) is 0 Å². The van der Waals surface area contributed by atoms with Gasteiger partial charge in [-0.25, -0.2) is 4.98 Å². The molecule has 5 nitrogen and oxygen atoms in total. The van der Waals surface area contributed by atoms with Crippen LogP contribution in [0.4, 0.5) is 5.69 Å². The molecule has 2 N–H and O–H groups in total. The van der Waals surface area contributed by atoms with E-state index in [9.17, 15) is 4.79 Å². The number of amides is 1. The van der Waals surface area contributed by atoms with E-state index in [2.05, 4.69) is 23.8 Å². The minimum Gasteiger partial charge on any atom is -0.491 e. The maximum atomic E-state index is 12.2. The monoisotopic (exact) mass is 459 g/mol. The number of carbonyl (C=O) groups is 1. The van der Waals surface area contributed by atoms with Crippen LogP contribution in [0.1, 0.15) is 118 Å². The first-order valence-electron chi connectivity index (χ1n) is 13.3. The molecule has 0 saturated heterocycles. The molecule has 33 heavy (non-hydrogen) atoms. The number of allylic oxidation sites excluding steroid dienone is 1. The van der Waals surface area contributed by atoms with Crippen LogP contribution >= 0.6 is 0 Å². The lowest BCUT2D eigenvalue weighted by Gasteiger charge is -2.18. The summed E-state index contributed by atoms with van der Waals surface area (Å²) in [6.07, 6.45) is 11.2. The van der Waals surface area contributed by atoms with Crippen molar-refractivity contribution in [3.8, 4) is 5.75 Å². The Morgan fingerprint density at radius 3 is 2.42 bits per heavy atom. The molecule has 1 heterocycles. The van der Waals surface area contributed by atoms with E-state index in [0.717, 1.165) is 29.7 Å². The van der Waals surface area contributed by atoms with Gasteiger partial charge in [0.25, 0.3) is 0 Å². The standard InChI is InChI=1S/C22H31N3O2.3C2H6/c1-3-5-12-21(26)23-19-14-17-18(15-20(19)27-13-6-4-2)25-22(24-17)16-10-8-7-9-11-16;3*1-2/h3,14-16H,1,4-13H2,2H3,(H,23,26)(H,24,25);3*1-2H3. The van der Waals surface area contributed by atoms with Crippen molar-refractivity contribution in [2.24, 2.45) is 0 Å². The molecule has 0 unspecified atom stereocenters. The predicted molar refractivity (Wildman–Crippen MR) is 144 cm³/mol. The number of nitrogens with zero attached hydrogens (tertiary/aromatic N) is 1. The average molecular weight is 460 g/mol. The van der Waals surface area contributed by atoms with Crippen LogP contribution in [0.25, 0.3) is 11.0 Å². The molecule has 1 aromatic heterocycles. The summed E-state index contributed by atoms with van der Waals surface area (Å²) in [6, 6.07) is 3.92. The summed E-state index contributed by atoms with van der Waals surface area (Å²) in [5.74, 6) is 2.26. The predicted octanol–water partition coefficient (Wildman–Crippen LogP) is 8.77. The van der Waals surface area contributed by atoms with Crippen molar-refractivity contribution in [2.45, 2.75) is 112 Å². The Balaban J connectivity index is 0.00000158. The summed E-state index contributed by atoms with van der Waals surface area (Å²) in [4.78, 5) is 20.5. The number of aromatic amines is 1. The highest BCUT2D eigenvalue weighted by Gasteiger charge is 2.20. The van der Waals surface area contributed by atoms with E-state index < -0.39 is 0 Å². The summed E-state index contributed by atoms with van der Waals surface area (Å²) in [6.45, 7) is 18.4. The first-order valence-corrected chi connectivity index (χ1v) is 13.3. The quantitative estimate of drug-likeness (QED) is 0.291. The third-order valence-electron chi connectivity index (χ3n) is 5.20. The number of imidazole rings is 1. The number of nitrogens with one attached hydrogen (secondary N) is 2. The van der Waals surface area contributed by atoms with Crippen LogP contribution in [0.3, 0.4) is 0 Å². The first kappa shape index (κ1) is 30.7. The second-order valence-electron chi connectivity index (χ2n) is 7.40. The molecule has 0 atom stereocenters. The topological polar surface area (TPSA) is 67.0 Å². The number of rotatable bonds is 9. The molecular weight excluding hydrogens is 410 g/mol. The Morgan fingerprint density at radius 1 is 1.15 bits per heavy atom. The van der Waals surface area contributed by atoms with Crippen molar-refractivity contribution < 1.29 is 9.53 Å². The van der Waals surface area contributed by atoms with Gasteiger partial charge in [-0.15, -0.1) is 6.58 Å². The van der Waals surface area contributed by atoms with E-state index in [1.54, 1.807) is 6.08 Å². The molecule has 2 aromatic rings. The molecule has 0 bridgehead atoms.